The van der Waals surface area contributed by atoms with Crippen molar-refractivity contribution in [3.8, 4) is 11.1 Å². The van der Waals surface area contributed by atoms with E-state index in [0.29, 0.717) is 16.1 Å². The Bertz CT molecular complexity index is 1150. The average molecular weight is 427 g/mol. The van der Waals surface area contributed by atoms with Crippen LogP contribution in [0.5, 0.6) is 0 Å². The number of nitrogens with zero attached hydrogens (tertiary/aromatic N) is 4. The fourth-order valence-corrected chi connectivity index (χ4v) is 4.70. The zero-order valence-corrected chi connectivity index (χ0v) is 17.3. The summed E-state index contributed by atoms with van der Waals surface area (Å²) in [6, 6.07) is 7.45. The zero-order valence-electron chi connectivity index (χ0n) is 16.6. The first kappa shape index (κ1) is 19.2. The van der Waals surface area contributed by atoms with Crippen molar-refractivity contribution in [3.63, 3.8) is 0 Å². The number of rotatable bonds is 3. The summed E-state index contributed by atoms with van der Waals surface area (Å²) >= 11 is 6.42. The number of halogens is 3. The minimum Gasteiger partial charge on any atom is -0.341 e. The molecule has 0 aliphatic carbocycles. The maximum atomic E-state index is 14.1. The molecule has 0 saturated carbocycles. The van der Waals surface area contributed by atoms with Crippen molar-refractivity contribution in [2.75, 3.05) is 18.0 Å². The molecular formula is C23H21ClF2N4. The highest BCUT2D eigenvalue weighted by Crippen LogP contribution is 2.43. The van der Waals surface area contributed by atoms with Gasteiger partial charge in [0.05, 0.1) is 11.9 Å². The molecule has 0 N–H and O–H groups in total. The number of alkyl halides is 2. The minimum absolute atomic E-state index is 0.0261. The van der Waals surface area contributed by atoms with E-state index in [-0.39, 0.29) is 5.56 Å². The number of aromatic nitrogens is 2. The van der Waals surface area contributed by atoms with Gasteiger partial charge in [0.25, 0.3) is 6.43 Å². The lowest BCUT2D eigenvalue weighted by atomic mass is 9.92. The molecule has 0 bridgehead atoms. The van der Waals surface area contributed by atoms with Crippen LogP contribution in [0.25, 0.3) is 11.1 Å². The lowest BCUT2D eigenvalue weighted by Crippen LogP contribution is -2.26. The first-order valence-corrected chi connectivity index (χ1v) is 10.4. The molecule has 7 heteroatoms. The molecule has 0 amide bonds. The van der Waals surface area contributed by atoms with Gasteiger partial charge in [-0.15, -0.1) is 0 Å². The summed E-state index contributed by atoms with van der Waals surface area (Å²) in [6.45, 7) is 1.50. The van der Waals surface area contributed by atoms with Gasteiger partial charge >= 0.3 is 0 Å². The van der Waals surface area contributed by atoms with Gasteiger partial charge in [-0.25, -0.2) is 8.78 Å². The van der Waals surface area contributed by atoms with E-state index in [4.69, 9.17) is 11.6 Å². The Hall–Kier alpha value is -2.73. The number of benzene rings is 2. The highest BCUT2D eigenvalue weighted by molar-refractivity contribution is 6.31. The minimum atomic E-state index is -2.58. The molecule has 5 rings (SSSR count). The summed E-state index contributed by atoms with van der Waals surface area (Å²) in [5, 5.41) is 4.82. The maximum Gasteiger partial charge on any atom is 0.264 e. The third-order valence-electron chi connectivity index (χ3n) is 5.85. The molecule has 4 nitrogen and oxygen atoms in total. The Morgan fingerprint density at radius 2 is 1.93 bits per heavy atom. The van der Waals surface area contributed by atoms with E-state index >= 15 is 0 Å². The van der Waals surface area contributed by atoms with E-state index in [1.165, 1.54) is 0 Å². The van der Waals surface area contributed by atoms with Crippen LogP contribution < -0.4 is 4.90 Å². The van der Waals surface area contributed by atoms with Crippen LogP contribution in [0.15, 0.2) is 41.7 Å². The molecule has 0 atom stereocenters. The Labute approximate surface area is 178 Å². The Kier molecular flexibility index (Phi) is 4.82. The highest BCUT2D eigenvalue weighted by atomic mass is 35.5. The van der Waals surface area contributed by atoms with Gasteiger partial charge in [0.2, 0.25) is 0 Å². The van der Waals surface area contributed by atoms with Gasteiger partial charge in [0.1, 0.15) is 0 Å². The van der Waals surface area contributed by atoms with Crippen molar-refractivity contribution >= 4 is 29.2 Å². The molecular weight excluding hydrogens is 406 g/mol. The summed E-state index contributed by atoms with van der Waals surface area (Å²) in [5.41, 5.74) is 6.30. The summed E-state index contributed by atoms with van der Waals surface area (Å²) in [5.74, 6) is 0. The fourth-order valence-electron chi connectivity index (χ4n) is 4.47. The topological polar surface area (TPSA) is 33.4 Å². The van der Waals surface area contributed by atoms with E-state index in [0.717, 1.165) is 60.4 Å². The zero-order chi connectivity index (χ0) is 20.8. The molecule has 1 aromatic heterocycles. The Morgan fingerprint density at radius 1 is 1.07 bits per heavy atom. The molecule has 2 aliphatic rings. The second-order valence-corrected chi connectivity index (χ2v) is 8.25. The third-order valence-corrected chi connectivity index (χ3v) is 6.07. The third kappa shape index (κ3) is 3.29. The lowest BCUT2D eigenvalue weighted by molar-refractivity contribution is 0.152. The normalized spacial score (nSPS) is 15.4. The summed E-state index contributed by atoms with van der Waals surface area (Å²) in [4.78, 5) is 6.56. The molecule has 0 radical (unpaired) electrons. The summed E-state index contributed by atoms with van der Waals surface area (Å²) < 4.78 is 29.8. The van der Waals surface area contributed by atoms with E-state index in [1.807, 2.05) is 24.4 Å². The molecule has 3 aromatic rings. The van der Waals surface area contributed by atoms with Gasteiger partial charge in [-0.3, -0.25) is 9.67 Å². The number of aryl methyl sites for hydroxylation is 2. The van der Waals surface area contributed by atoms with Crippen molar-refractivity contribution in [1.82, 2.24) is 9.78 Å². The van der Waals surface area contributed by atoms with Crippen LogP contribution in [0.4, 0.5) is 20.2 Å². The second kappa shape index (κ2) is 7.51. The number of hydrogen-bond acceptors (Lipinski definition) is 3. The quantitative estimate of drug-likeness (QED) is 0.535. The number of anilines is 2. The number of aliphatic imine (C=N–C) groups is 1. The van der Waals surface area contributed by atoms with Crippen LogP contribution in [-0.2, 0) is 19.9 Å². The van der Waals surface area contributed by atoms with Crippen LogP contribution in [0.2, 0.25) is 5.02 Å². The van der Waals surface area contributed by atoms with Crippen molar-refractivity contribution in [2.45, 2.75) is 25.7 Å². The fraction of sp³-hybridized carbons (Fsp3) is 0.304. The maximum absolute atomic E-state index is 14.1. The van der Waals surface area contributed by atoms with Gasteiger partial charge in [-0.05, 0) is 60.2 Å². The largest absolute Gasteiger partial charge is 0.341 e. The van der Waals surface area contributed by atoms with Gasteiger partial charge in [-0.1, -0.05) is 11.6 Å². The summed E-state index contributed by atoms with van der Waals surface area (Å²) in [7, 11) is 1.79. The predicted octanol–water partition coefficient (Wildman–Crippen LogP) is 5.74. The van der Waals surface area contributed by atoms with Crippen LogP contribution in [0.3, 0.4) is 0 Å². The lowest BCUT2D eigenvalue weighted by Gasteiger charge is -2.34. The highest BCUT2D eigenvalue weighted by Gasteiger charge is 2.26. The molecule has 0 spiro atoms. The number of hydrogen-bond donors (Lipinski definition) is 0. The molecule has 2 aromatic carbocycles. The van der Waals surface area contributed by atoms with Crippen LogP contribution in [0, 0.1) is 0 Å². The summed E-state index contributed by atoms with van der Waals surface area (Å²) in [6.07, 6.45) is 5.34. The predicted molar refractivity (Wildman–Crippen MR) is 117 cm³/mol. The second-order valence-electron chi connectivity index (χ2n) is 7.81. The molecule has 2 aliphatic heterocycles. The van der Waals surface area contributed by atoms with Crippen LogP contribution >= 0.6 is 11.6 Å². The van der Waals surface area contributed by atoms with E-state index < -0.39 is 6.43 Å². The Balaban J connectivity index is 1.68. The first-order chi connectivity index (χ1) is 14.5. The van der Waals surface area contributed by atoms with Crippen molar-refractivity contribution < 1.29 is 8.78 Å². The molecule has 3 heterocycles. The molecule has 0 saturated heterocycles. The average Bonchev–Trinajstić information content (AvgIpc) is 3.17. The van der Waals surface area contributed by atoms with Crippen molar-refractivity contribution in [3.05, 3.63) is 63.9 Å². The smallest absolute Gasteiger partial charge is 0.264 e. The van der Waals surface area contributed by atoms with Gasteiger partial charge in [-0.2, -0.15) is 5.10 Å². The molecule has 154 valence electrons. The van der Waals surface area contributed by atoms with Gasteiger partial charge in [0, 0.05) is 59.9 Å². The SMILES string of the molecule is Cn1cc(-c2cc3c(cc2C(F)F)N(c2cc(Cl)cc4c2C=NCC4)CCC3)cn1. The van der Waals surface area contributed by atoms with Crippen molar-refractivity contribution in [1.29, 1.82) is 0 Å². The standard InChI is InChI=1S/C23H21ClF2N4/c1-29-13-16(11-28-29)18-8-15-3-2-6-30(21(15)10-19(18)23(25)26)22-9-17(24)7-14-4-5-27-12-20(14)22/h7-13,23H,2-6H2,1H3. The first-order valence-electron chi connectivity index (χ1n) is 10.0. The van der Waals surface area contributed by atoms with E-state index in [1.54, 1.807) is 30.2 Å². The number of fused-ring (bicyclic) bond motifs is 2. The van der Waals surface area contributed by atoms with Gasteiger partial charge in [0.15, 0.2) is 0 Å². The molecule has 0 fully saturated rings. The van der Waals surface area contributed by atoms with Crippen LogP contribution in [-0.4, -0.2) is 29.1 Å². The Morgan fingerprint density at radius 3 is 2.70 bits per heavy atom. The molecule has 0 unspecified atom stereocenters. The van der Waals surface area contributed by atoms with Crippen molar-refractivity contribution in [2.24, 2.45) is 12.0 Å². The monoisotopic (exact) mass is 426 g/mol. The van der Waals surface area contributed by atoms with Crippen LogP contribution in [0.1, 0.15) is 35.1 Å². The van der Waals surface area contributed by atoms with Gasteiger partial charge < -0.3 is 4.90 Å². The molecule has 30 heavy (non-hydrogen) atoms. The van der Waals surface area contributed by atoms with E-state index in [9.17, 15) is 8.78 Å². The van der Waals surface area contributed by atoms with E-state index in [2.05, 4.69) is 15.0 Å².